The topological polar surface area (TPSA) is 359 Å². The Balaban J connectivity index is 0.535. The fraction of sp³-hybridized carbons (Fsp3) is 0.482. The number of fused-ring (bicyclic) bond motifs is 6. The Labute approximate surface area is 668 Å². The van der Waals surface area contributed by atoms with Gasteiger partial charge in [0.05, 0.1) is 161 Å². The molecule has 10 rings (SSSR count). The Morgan fingerprint density at radius 1 is 0.513 bits per heavy atom. The highest BCUT2D eigenvalue weighted by Gasteiger charge is 2.37. The molecule has 5 aliphatic rings. The maximum Gasteiger partial charge on any atom is 0.414 e. The van der Waals surface area contributed by atoms with Crippen molar-refractivity contribution < 1.29 is 105 Å². The lowest BCUT2D eigenvalue weighted by Gasteiger charge is -2.34. The lowest BCUT2D eigenvalue weighted by molar-refractivity contribution is -0.137. The number of rotatable bonds is 48. The van der Waals surface area contributed by atoms with Crippen LogP contribution in [0.3, 0.4) is 0 Å². The normalized spacial score (nSPS) is 15.6. The molecule has 0 bridgehead atoms. The van der Waals surface area contributed by atoms with E-state index in [1.165, 1.54) is 43.8 Å². The number of hydrogen-bond acceptors (Lipinski definition) is 24. The Bertz CT molecular complexity index is 4230. The smallest absolute Gasteiger partial charge is 0.414 e. The number of methoxy groups -OCH3 is 2. The number of carbonyl (C=O) groups is 9. The molecule has 32 nitrogen and oxygen atoms in total. The van der Waals surface area contributed by atoms with Gasteiger partial charge in [0.25, 0.3) is 23.6 Å². The molecule has 5 heterocycles. The third kappa shape index (κ3) is 25.6. The summed E-state index contributed by atoms with van der Waals surface area (Å²) in [5, 5.41) is 11.0. The number of imide groups is 1. The van der Waals surface area contributed by atoms with Crippen LogP contribution in [0.4, 0.5) is 27.5 Å². The fourth-order valence-corrected chi connectivity index (χ4v) is 12.9. The van der Waals surface area contributed by atoms with Crippen molar-refractivity contribution >= 4 is 88.5 Å². The number of amides is 9. The summed E-state index contributed by atoms with van der Waals surface area (Å²) in [5.41, 5.74) is 7.58. The number of nitrogens with one attached hydrogen (secondary N) is 4. The van der Waals surface area contributed by atoms with Gasteiger partial charge in [0.15, 0.2) is 23.0 Å². The molecule has 0 spiro atoms. The van der Waals surface area contributed by atoms with Crippen LogP contribution in [-0.2, 0) is 104 Å². The summed E-state index contributed by atoms with van der Waals surface area (Å²) in [5.74, 6) is -1.48. The van der Waals surface area contributed by atoms with Crippen LogP contribution in [0.5, 0.6) is 23.0 Å². The van der Waals surface area contributed by atoms with Gasteiger partial charge in [-0.1, -0.05) is 56.3 Å². The minimum absolute atomic E-state index is 0.00293. The number of ether oxygens (including phenoxy) is 13. The molecule has 5 aromatic rings. The molecule has 5 aliphatic heterocycles. The van der Waals surface area contributed by atoms with Gasteiger partial charge in [-0.3, -0.25) is 58.1 Å². The number of nitrogens with zero attached hydrogens (tertiary/aromatic N) is 6. The van der Waals surface area contributed by atoms with Gasteiger partial charge in [-0.05, 0) is 96.3 Å². The maximum atomic E-state index is 14.4. The summed E-state index contributed by atoms with van der Waals surface area (Å²) in [6.45, 7) is 12.6. The van der Waals surface area contributed by atoms with Crippen LogP contribution >= 0.6 is 0 Å². The van der Waals surface area contributed by atoms with E-state index in [1.54, 1.807) is 80.5 Å². The zero-order chi connectivity index (χ0) is 81.4. The number of aliphatic imine (C=N–C) groups is 2. The van der Waals surface area contributed by atoms with Crippen molar-refractivity contribution in [2.45, 2.75) is 103 Å². The summed E-state index contributed by atoms with van der Waals surface area (Å²) < 4.78 is 73.8. The van der Waals surface area contributed by atoms with Crippen molar-refractivity contribution in [3.63, 3.8) is 0 Å². The summed E-state index contributed by atoms with van der Waals surface area (Å²) in [6.07, 6.45) is 7.69. The molecule has 0 aromatic heterocycles. The van der Waals surface area contributed by atoms with Crippen LogP contribution in [0.25, 0.3) is 0 Å². The summed E-state index contributed by atoms with van der Waals surface area (Å²) in [6, 6.07) is 24.9. The molecular weight excluding hydrogens is 1490 g/mol. The van der Waals surface area contributed by atoms with E-state index >= 15 is 0 Å². The first-order chi connectivity index (χ1) is 55.8. The van der Waals surface area contributed by atoms with Crippen LogP contribution in [0.2, 0.25) is 0 Å². The largest absolute Gasteiger partial charge is 0.493 e. The molecule has 4 atom stereocenters. The molecular formula is C83H104N10O22. The predicted octanol–water partition coefficient (Wildman–Crippen LogP) is 6.82. The molecule has 618 valence electrons. The minimum Gasteiger partial charge on any atom is -0.493 e. The highest BCUT2D eigenvalue weighted by atomic mass is 16.6. The second-order valence-electron chi connectivity index (χ2n) is 27.9. The molecule has 32 heteroatoms. The zero-order valence-electron chi connectivity index (χ0n) is 66.0. The molecule has 2 unspecified atom stereocenters. The molecule has 9 amide bonds. The second-order valence-corrected chi connectivity index (χ2v) is 27.9. The van der Waals surface area contributed by atoms with Gasteiger partial charge in [-0.2, -0.15) is 0 Å². The first-order valence-corrected chi connectivity index (χ1v) is 38.8. The molecule has 0 aliphatic carbocycles. The van der Waals surface area contributed by atoms with Crippen molar-refractivity contribution in [2.75, 3.05) is 163 Å². The monoisotopic (exact) mass is 1590 g/mol. The number of anilines is 2. The minimum atomic E-state index is -0.964. The van der Waals surface area contributed by atoms with Crippen LogP contribution in [0.15, 0.2) is 113 Å². The predicted molar refractivity (Wildman–Crippen MR) is 423 cm³/mol. The second kappa shape index (κ2) is 44.8. The average molecular weight is 1590 g/mol. The standard InChI is InChI=1S/C83H104N10O22/c1-55(2)78(89-75(95)22-28-106-30-32-108-34-36-110-38-40-112-42-41-111-39-37-109-35-33-107-31-29-105-25-9-23-84-74(94)21-24-91-76(96)19-20-77(91)97)80(99)87-56(3)79(98)88-62-16-13-57(14-17-62)54-115-83(102)90(4)63-18-15-59-44-65-51-86-69-49-73(71(104-6)47-67(69)82(101)93(65)53-61(59)45-63)114-27-10-26-113-72-48-68-66(46-70(72)103-5)81(100)92-52-60-12-8-7-11-58(60)43-64(92)50-85-68/h7-8,11-20,45-51,55-56,64-65,78H,9-10,21-44,52-54H2,1-6H3,(H,84,94)(H,87,99)(H,88,98)(H,89,95)/t56-,64?,65?,78-/m0/s1. The average Bonchev–Trinajstić information content (AvgIpc) is 1.70. The van der Waals surface area contributed by atoms with Crippen molar-refractivity contribution in [3.8, 4) is 23.0 Å². The molecule has 0 radical (unpaired) electrons. The van der Waals surface area contributed by atoms with E-state index in [2.05, 4.69) is 33.4 Å². The molecule has 4 N–H and O–H groups in total. The Kier molecular flexibility index (Phi) is 33.8. The number of hydrogen-bond donors (Lipinski definition) is 4. The third-order valence-electron chi connectivity index (χ3n) is 19.4. The Morgan fingerprint density at radius 2 is 1.01 bits per heavy atom. The first-order valence-electron chi connectivity index (χ1n) is 38.8. The Hall–Kier alpha value is -10.7. The summed E-state index contributed by atoms with van der Waals surface area (Å²) in [4.78, 5) is 132. The van der Waals surface area contributed by atoms with Crippen LogP contribution < -0.4 is 45.1 Å². The highest BCUT2D eigenvalue weighted by molar-refractivity contribution is 6.13. The van der Waals surface area contributed by atoms with E-state index in [1.807, 2.05) is 41.4 Å². The summed E-state index contributed by atoms with van der Waals surface area (Å²) >= 11 is 0. The van der Waals surface area contributed by atoms with Crippen LogP contribution in [0.1, 0.15) is 95.0 Å². The van der Waals surface area contributed by atoms with Gasteiger partial charge >= 0.3 is 6.09 Å². The van der Waals surface area contributed by atoms with E-state index < -0.39 is 47.7 Å². The molecule has 5 aromatic carbocycles. The van der Waals surface area contributed by atoms with Gasteiger partial charge < -0.3 is 92.6 Å². The van der Waals surface area contributed by atoms with Crippen molar-refractivity contribution in [1.82, 2.24) is 30.7 Å². The van der Waals surface area contributed by atoms with E-state index in [0.29, 0.717) is 194 Å². The summed E-state index contributed by atoms with van der Waals surface area (Å²) in [7, 11) is 4.65. The van der Waals surface area contributed by atoms with E-state index in [9.17, 15) is 43.2 Å². The van der Waals surface area contributed by atoms with Gasteiger partial charge in [0.1, 0.15) is 18.7 Å². The zero-order valence-corrected chi connectivity index (χ0v) is 66.0. The lowest BCUT2D eigenvalue weighted by atomic mass is 9.93. The third-order valence-corrected chi connectivity index (χ3v) is 19.4. The maximum absolute atomic E-state index is 14.4. The Morgan fingerprint density at radius 3 is 1.53 bits per heavy atom. The van der Waals surface area contributed by atoms with Crippen molar-refractivity contribution in [3.05, 3.63) is 142 Å². The molecule has 115 heavy (non-hydrogen) atoms. The van der Waals surface area contributed by atoms with E-state index in [4.69, 9.17) is 71.6 Å². The van der Waals surface area contributed by atoms with Gasteiger partial charge in [-0.25, -0.2) is 4.79 Å². The van der Waals surface area contributed by atoms with Gasteiger partial charge in [-0.15, -0.1) is 0 Å². The number of carbonyl (C=O) groups excluding carboxylic acids is 9. The van der Waals surface area contributed by atoms with E-state index in [-0.39, 0.29) is 94.7 Å². The quantitative estimate of drug-likeness (QED) is 0.0229. The van der Waals surface area contributed by atoms with Crippen molar-refractivity contribution in [2.24, 2.45) is 15.9 Å². The van der Waals surface area contributed by atoms with Crippen molar-refractivity contribution in [1.29, 1.82) is 0 Å². The first kappa shape index (κ1) is 86.7. The lowest BCUT2D eigenvalue weighted by Crippen LogP contribution is -2.53. The number of benzene rings is 5. The molecule has 0 saturated carbocycles. The SMILES string of the molecule is COc1cc2c(cc1OCCCOc1cc3c(cc1OC)C(=O)N1Cc4cc(N(C)C(=O)OCc5ccc(NC(=O)[C@H](C)NC(=O)[C@@H](NC(=O)CCOCCOCCOCCOCCOCCOCCOCCOCCCNC(=O)CCN6C(=O)C=CC6=O)C(C)C)cc5)ccc4CC1C=N3)N=CC1Cc3ccccc3CN1C2=O. The van der Waals surface area contributed by atoms with Crippen LogP contribution in [0, 0.1) is 5.92 Å². The molecule has 0 fully saturated rings. The van der Waals surface area contributed by atoms with E-state index in [0.717, 1.165) is 21.6 Å². The van der Waals surface area contributed by atoms with Crippen LogP contribution in [-0.4, -0.2) is 258 Å². The van der Waals surface area contributed by atoms with Gasteiger partial charge in [0.2, 0.25) is 23.6 Å². The highest BCUT2D eigenvalue weighted by Crippen LogP contribution is 2.41. The fourth-order valence-electron chi connectivity index (χ4n) is 12.9. The van der Waals surface area contributed by atoms with Gasteiger partial charge in [0, 0.05) is 107 Å². The molecule has 0 saturated heterocycles.